The van der Waals surface area contributed by atoms with E-state index in [1.54, 1.807) is 12.1 Å². The van der Waals surface area contributed by atoms with Crippen molar-refractivity contribution in [1.82, 2.24) is 4.98 Å². The second-order valence-corrected chi connectivity index (χ2v) is 4.48. The molecular weight excluding hydrogens is 231 g/mol. The van der Waals surface area contributed by atoms with Crippen LogP contribution in [0.3, 0.4) is 0 Å². The van der Waals surface area contributed by atoms with Crippen molar-refractivity contribution >= 4 is 22.7 Å². The number of thiophene rings is 1. The lowest BCUT2D eigenvalue weighted by Crippen LogP contribution is -2.02. The van der Waals surface area contributed by atoms with E-state index in [2.05, 4.69) is 4.98 Å². The summed E-state index contributed by atoms with van der Waals surface area (Å²) in [5.74, 6) is 0. The molecule has 14 heavy (non-hydrogen) atoms. The highest BCUT2D eigenvalue weighted by Crippen LogP contribution is 2.37. The molecule has 0 fully saturated rings. The minimum absolute atomic E-state index is 0.562. The van der Waals surface area contributed by atoms with Crippen LogP contribution in [0.1, 0.15) is 5.01 Å². The molecule has 0 aliphatic rings. The maximum absolute atomic E-state index is 12.2. The van der Waals surface area contributed by atoms with E-state index in [0.29, 0.717) is 16.2 Å². The minimum Gasteiger partial charge on any atom is -0.240 e. The number of halogens is 3. The van der Waals surface area contributed by atoms with Gasteiger partial charge in [0.25, 0.3) is 0 Å². The van der Waals surface area contributed by atoms with Crippen LogP contribution in [0.25, 0.3) is 9.75 Å². The molecule has 0 aliphatic heterocycles. The van der Waals surface area contributed by atoms with Gasteiger partial charge < -0.3 is 0 Å². The van der Waals surface area contributed by atoms with Crippen molar-refractivity contribution in [3.05, 3.63) is 28.7 Å². The summed E-state index contributed by atoms with van der Waals surface area (Å²) < 4.78 is 36.6. The first-order chi connectivity index (χ1) is 6.57. The van der Waals surface area contributed by atoms with Gasteiger partial charge in [0, 0.05) is 11.1 Å². The molecule has 1 nitrogen and oxygen atoms in total. The van der Waals surface area contributed by atoms with Crippen LogP contribution in [0.2, 0.25) is 0 Å². The van der Waals surface area contributed by atoms with Crippen LogP contribution in [0.15, 0.2) is 23.7 Å². The monoisotopic (exact) mass is 235 g/mol. The van der Waals surface area contributed by atoms with E-state index in [1.165, 1.54) is 17.5 Å². The second kappa shape index (κ2) is 3.36. The van der Waals surface area contributed by atoms with Gasteiger partial charge in [-0.1, -0.05) is 6.07 Å². The second-order valence-electron chi connectivity index (χ2n) is 2.50. The number of alkyl halides is 3. The minimum atomic E-state index is -4.33. The number of hydrogen-bond donors (Lipinski definition) is 0. The first kappa shape index (κ1) is 9.67. The Morgan fingerprint density at radius 1 is 1.21 bits per heavy atom. The number of rotatable bonds is 1. The Morgan fingerprint density at radius 2 is 2.00 bits per heavy atom. The lowest BCUT2D eigenvalue weighted by molar-refractivity contribution is -0.137. The van der Waals surface area contributed by atoms with E-state index in [1.807, 2.05) is 5.38 Å². The standard InChI is InChI=1S/C8H4F3NS2/c9-8(10,11)7-12-4-6(14-7)5-2-1-3-13-5/h1-4H. The molecule has 2 aromatic rings. The Bertz CT molecular complexity index is 416. The van der Waals surface area contributed by atoms with Gasteiger partial charge in [-0.05, 0) is 11.4 Å². The largest absolute Gasteiger partial charge is 0.443 e. The van der Waals surface area contributed by atoms with Crippen molar-refractivity contribution in [1.29, 1.82) is 0 Å². The van der Waals surface area contributed by atoms with Gasteiger partial charge in [0.2, 0.25) is 0 Å². The Kier molecular flexibility index (Phi) is 2.32. The van der Waals surface area contributed by atoms with E-state index in [4.69, 9.17) is 0 Å². The summed E-state index contributed by atoms with van der Waals surface area (Å²) in [4.78, 5) is 4.72. The zero-order chi connectivity index (χ0) is 10.2. The number of nitrogens with zero attached hydrogens (tertiary/aromatic N) is 1. The van der Waals surface area contributed by atoms with Gasteiger partial charge in [0.15, 0.2) is 5.01 Å². The summed E-state index contributed by atoms with van der Waals surface area (Å²) in [6, 6.07) is 3.57. The fraction of sp³-hybridized carbons (Fsp3) is 0.125. The van der Waals surface area contributed by atoms with Crippen molar-refractivity contribution in [2.45, 2.75) is 6.18 Å². The van der Waals surface area contributed by atoms with E-state index in [-0.39, 0.29) is 0 Å². The number of thiazole rings is 1. The van der Waals surface area contributed by atoms with Crippen LogP contribution in [0.5, 0.6) is 0 Å². The molecule has 0 radical (unpaired) electrons. The van der Waals surface area contributed by atoms with Gasteiger partial charge in [-0.2, -0.15) is 13.2 Å². The van der Waals surface area contributed by atoms with Crippen molar-refractivity contribution < 1.29 is 13.2 Å². The maximum Gasteiger partial charge on any atom is 0.443 e. The average Bonchev–Trinajstić information content (AvgIpc) is 2.73. The fourth-order valence-corrected chi connectivity index (χ4v) is 2.54. The molecule has 0 aliphatic carbocycles. The third kappa shape index (κ3) is 1.80. The molecule has 0 saturated heterocycles. The molecule has 0 atom stereocenters. The van der Waals surface area contributed by atoms with Crippen molar-refractivity contribution in [2.75, 3.05) is 0 Å². The van der Waals surface area contributed by atoms with Crippen LogP contribution in [0, 0.1) is 0 Å². The third-order valence-electron chi connectivity index (χ3n) is 1.51. The van der Waals surface area contributed by atoms with E-state index in [9.17, 15) is 13.2 Å². The first-order valence-electron chi connectivity index (χ1n) is 3.64. The summed E-state index contributed by atoms with van der Waals surface area (Å²) in [5, 5.41) is 1.03. The molecule has 2 aromatic heterocycles. The summed E-state index contributed by atoms with van der Waals surface area (Å²) in [7, 11) is 0. The quantitative estimate of drug-likeness (QED) is 0.730. The summed E-state index contributed by atoms with van der Waals surface area (Å²) in [6.07, 6.45) is -3.07. The van der Waals surface area contributed by atoms with E-state index >= 15 is 0 Å². The average molecular weight is 235 g/mol. The van der Waals surface area contributed by atoms with Crippen LogP contribution in [-0.4, -0.2) is 4.98 Å². The molecule has 0 amide bonds. The molecule has 0 spiro atoms. The van der Waals surface area contributed by atoms with Gasteiger partial charge in [-0.3, -0.25) is 0 Å². The molecule has 0 saturated carbocycles. The fourth-order valence-electron chi connectivity index (χ4n) is 0.938. The van der Waals surface area contributed by atoms with Crippen LogP contribution < -0.4 is 0 Å². The molecule has 2 rings (SSSR count). The maximum atomic E-state index is 12.2. The first-order valence-corrected chi connectivity index (χ1v) is 5.34. The summed E-state index contributed by atoms with van der Waals surface area (Å²) in [5.41, 5.74) is 0. The van der Waals surface area contributed by atoms with Crippen molar-refractivity contribution in [3.8, 4) is 9.75 Å². The Labute approximate surface area is 85.9 Å². The van der Waals surface area contributed by atoms with Gasteiger partial charge in [0.1, 0.15) is 0 Å². The van der Waals surface area contributed by atoms with Crippen LogP contribution >= 0.6 is 22.7 Å². The van der Waals surface area contributed by atoms with Crippen LogP contribution in [0.4, 0.5) is 13.2 Å². The highest BCUT2D eigenvalue weighted by atomic mass is 32.1. The number of aromatic nitrogens is 1. The summed E-state index contributed by atoms with van der Waals surface area (Å²) in [6.45, 7) is 0. The highest BCUT2D eigenvalue weighted by Gasteiger charge is 2.34. The highest BCUT2D eigenvalue weighted by molar-refractivity contribution is 7.21. The van der Waals surface area contributed by atoms with Crippen molar-refractivity contribution in [3.63, 3.8) is 0 Å². The van der Waals surface area contributed by atoms with Crippen LogP contribution in [-0.2, 0) is 6.18 Å². The molecule has 74 valence electrons. The SMILES string of the molecule is FC(F)(F)c1ncc(-c2cccs2)s1. The zero-order valence-corrected chi connectivity index (χ0v) is 8.34. The molecular formula is C8H4F3NS2. The molecule has 0 N–H and O–H groups in total. The van der Waals surface area contributed by atoms with E-state index < -0.39 is 11.2 Å². The summed E-state index contributed by atoms with van der Waals surface area (Å²) >= 11 is 2.07. The van der Waals surface area contributed by atoms with Gasteiger partial charge >= 0.3 is 6.18 Å². The van der Waals surface area contributed by atoms with Gasteiger partial charge in [-0.25, -0.2) is 4.98 Å². The normalized spacial score (nSPS) is 11.9. The predicted octanol–water partition coefficient (Wildman–Crippen LogP) is 3.89. The smallest absolute Gasteiger partial charge is 0.240 e. The Morgan fingerprint density at radius 3 is 2.50 bits per heavy atom. The third-order valence-corrected chi connectivity index (χ3v) is 3.62. The lowest BCUT2D eigenvalue weighted by Gasteiger charge is -1.98. The number of hydrogen-bond acceptors (Lipinski definition) is 3. The molecule has 2 heterocycles. The van der Waals surface area contributed by atoms with Gasteiger partial charge in [-0.15, -0.1) is 22.7 Å². The molecule has 0 bridgehead atoms. The molecule has 0 aromatic carbocycles. The topological polar surface area (TPSA) is 12.9 Å². The Hall–Kier alpha value is -0.880. The molecule has 0 unspecified atom stereocenters. The van der Waals surface area contributed by atoms with Gasteiger partial charge in [0.05, 0.1) is 4.88 Å². The van der Waals surface area contributed by atoms with E-state index in [0.717, 1.165) is 4.88 Å². The molecule has 6 heteroatoms. The Balaban J connectivity index is 2.36. The lowest BCUT2D eigenvalue weighted by atomic mass is 10.4. The zero-order valence-electron chi connectivity index (χ0n) is 6.71. The van der Waals surface area contributed by atoms with Crippen molar-refractivity contribution in [2.24, 2.45) is 0 Å². The predicted molar refractivity (Wildman–Crippen MR) is 50.4 cm³/mol.